The average Bonchev–Trinajstić information content (AvgIpc) is 2.48. The molecule has 1 rings (SSSR count). The van der Waals surface area contributed by atoms with Crippen molar-refractivity contribution >= 4 is 5.97 Å². The monoisotopic (exact) mass is 222 g/mol. The summed E-state index contributed by atoms with van der Waals surface area (Å²) >= 11 is 0. The minimum Gasteiger partial charge on any atom is -0.373 e. The van der Waals surface area contributed by atoms with Crippen LogP contribution in [0.25, 0.3) is 0 Å². The van der Waals surface area contributed by atoms with E-state index >= 15 is 0 Å². The van der Waals surface area contributed by atoms with E-state index in [1.165, 1.54) is 0 Å². The lowest BCUT2D eigenvalue weighted by molar-refractivity contribution is -0.306. The van der Waals surface area contributed by atoms with Gasteiger partial charge in [0.25, 0.3) is 0 Å². The Labute approximate surface area is 86.8 Å². The Morgan fingerprint density at radius 2 is 2.20 bits per heavy atom. The van der Waals surface area contributed by atoms with Crippen molar-refractivity contribution in [2.45, 2.75) is 32.0 Å². The molecule has 1 fully saturated rings. The van der Waals surface area contributed by atoms with Crippen molar-refractivity contribution in [3.63, 3.8) is 0 Å². The van der Waals surface area contributed by atoms with Crippen LogP contribution in [0.3, 0.4) is 0 Å². The predicted molar refractivity (Wildman–Crippen MR) is 47.3 cm³/mol. The number of carbonyl (C=O) groups excluding carboxylic acids is 1. The Hall–Kier alpha value is -0.740. The van der Waals surface area contributed by atoms with E-state index in [1.54, 1.807) is 0 Å². The van der Waals surface area contributed by atoms with Crippen molar-refractivity contribution in [2.24, 2.45) is 11.8 Å². The largest absolute Gasteiger partial charge is 0.575 e. The molecule has 1 aliphatic rings. The Bertz CT molecular complexity index is 225. The summed E-state index contributed by atoms with van der Waals surface area (Å²) in [6.45, 7) is 3.72. The van der Waals surface area contributed by atoms with Crippen LogP contribution in [-0.2, 0) is 9.53 Å². The molecule has 0 aromatic rings. The third-order valence-corrected chi connectivity index (χ3v) is 2.51. The van der Waals surface area contributed by atoms with Crippen LogP contribution < -0.4 is 0 Å². The van der Waals surface area contributed by atoms with Crippen molar-refractivity contribution in [3.05, 3.63) is 13.3 Å². The first-order valence-electron chi connectivity index (χ1n) is 4.82. The van der Waals surface area contributed by atoms with Gasteiger partial charge in [-0.3, -0.25) is 4.79 Å². The summed E-state index contributed by atoms with van der Waals surface area (Å²) in [5.74, 6) is -0.895. The Morgan fingerprint density at radius 1 is 1.53 bits per heavy atom. The number of hydrogen-bond donors (Lipinski definition) is 0. The third-order valence-electron chi connectivity index (χ3n) is 2.51. The lowest BCUT2D eigenvalue weighted by Crippen LogP contribution is -2.21. The third kappa shape index (κ3) is 4.53. The lowest BCUT2D eigenvalue weighted by atomic mass is 10.0. The fourth-order valence-electron chi connectivity index (χ4n) is 1.79. The normalized spacial score (nSPS) is 26.7. The van der Waals surface area contributed by atoms with Gasteiger partial charge in [0.15, 0.2) is 0 Å². The molecule has 0 spiro atoms. The van der Waals surface area contributed by atoms with Crippen molar-refractivity contribution in [1.82, 2.24) is 0 Å². The number of alkyl halides is 3. The van der Waals surface area contributed by atoms with Crippen LogP contribution in [0.2, 0.25) is 0 Å². The molecule has 0 heterocycles. The molecule has 5 heteroatoms. The molecule has 2 unspecified atom stereocenters. The van der Waals surface area contributed by atoms with Gasteiger partial charge in [-0.2, -0.15) is 0 Å². The van der Waals surface area contributed by atoms with Gasteiger partial charge < -0.3 is 4.74 Å². The molecule has 2 nitrogen and oxygen atoms in total. The zero-order valence-corrected chi connectivity index (χ0v) is 8.22. The molecule has 0 bridgehead atoms. The molecule has 0 saturated heterocycles. The van der Waals surface area contributed by atoms with Crippen LogP contribution >= 0.6 is 0 Å². The summed E-state index contributed by atoms with van der Waals surface area (Å²) in [6, 6.07) is 0. The van der Waals surface area contributed by atoms with Gasteiger partial charge in [0.1, 0.15) is 0 Å². The van der Waals surface area contributed by atoms with Crippen LogP contribution in [0.4, 0.5) is 13.2 Å². The molecule has 2 atom stereocenters. The molecule has 1 aliphatic carbocycles. The van der Waals surface area contributed by atoms with Crippen LogP contribution in [0.5, 0.6) is 0 Å². The highest BCUT2D eigenvalue weighted by Gasteiger charge is 2.35. The van der Waals surface area contributed by atoms with E-state index < -0.39 is 12.3 Å². The first kappa shape index (κ1) is 12.3. The summed E-state index contributed by atoms with van der Waals surface area (Å²) in [6.07, 6.45) is -0.851. The van der Waals surface area contributed by atoms with Gasteiger partial charge in [-0.1, -0.05) is 13.3 Å². The second-order valence-corrected chi connectivity index (χ2v) is 3.75. The Kier molecular flexibility index (Phi) is 3.99. The maximum Gasteiger partial charge on any atom is 0.575 e. The quantitative estimate of drug-likeness (QED) is 0.686. The number of ether oxygens (including phenoxy) is 1. The van der Waals surface area contributed by atoms with Crippen LogP contribution in [-0.4, -0.2) is 12.3 Å². The second kappa shape index (κ2) is 4.86. The standard InChI is InChI=1S/C10H13F3O2/c1-2-7-3-4-8(5-7)6-9(14)15-10(11,12)13/h4,7-8H,1-3,5-6H2. The van der Waals surface area contributed by atoms with E-state index in [9.17, 15) is 18.0 Å². The molecule has 86 valence electrons. The molecule has 0 N–H and O–H groups in total. The van der Waals surface area contributed by atoms with Crippen molar-refractivity contribution < 1.29 is 22.7 Å². The summed E-state index contributed by atoms with van der Waals surface area (Å²) in [5.41, 5.74) is 0. The summed E-state index contributed by atoms with van der Waals surface area (Å²) in [4.78, 5) is 10.8. The maximum absolute atomic E-state index is 11.7. The van der Waals surface area contributed by atoms with Gasteiger partial charge in [0.2, 0.25) is 0 Å². The van der Waals surface area contributed by atoms with E-state index in [4.69, 9.17) is 0 Å². The van der Waals surface area contributed by atoms with E-state index in [2.05, 4.69) is 11.7 Å². The van der Waals surface area contributed by atoms with Crippen molar-refractivity contribution in [1.29, 1.82) is 0 Å². The van der Waals surface area contributed by atoms with Gasteiger partial charge in [-0.05, 0) is 31.1 Å². The number of rotatable bonds is 3. The highest BCUT2D eigenvalue weighted by molar-refractivity contribution is 5.70. The minimum absolute atomic E-state index is 0.0911. The van der Waals surface area contributed by atoms with E-state index in [0.717, 1.165) is 19.3 Å². The van der Waals surface area contributed by atoms with Crippen molar-refractivity contribution in [2.75, 3.05) is 0 Å². The van der Waals surface area contributed by atoms with E-state index in [-0.39, 0.29) is 12.3 Å². The van der Waals surface area contributed by atoms with Crippen molar-refractivity contribution in [3.8, 4) is 0 Å². The molecular weight excluding hydrogens is 209 g/mol. The molecular formula is C10H13F3O2. The van der Waals surface area contributed by atoms with Gasteiger partial charge in [-0.25, -0.2) is 0 Å². The predicted octanol–water partition coefficient (Wildman–Crippen LogP) is 2.89. The van der Waals surface area contributed by atoms with E-state index in [1.807, 2.05) is 6.42 Å². The molecule has 0 aliphatic heterocycles. The average molecular weight is 222 g/mol. The van der Waals surface area contributed by atoms with Gasteiger partial charge in [0.05, 0.1) is 0 Å². The van der Waals surface area contributed by atoms with Crippen LogP contribution in [0, 0.1) is 25.2 Å². The molecule has 0 aromatic heterocycles. The highest BCUT2D eigenvalue weighted by atomic mass is 19.4. The molecule has 15 heavy (non-hydrogen) atoms. The molecule has 2 radical (unpaired) electrons. The number of carbonyl (C=O) groups is 1. The molecule has 1 saturated carbocycles. The fourth-order valence-corrected chi connectivity index (χ4v) is 1.79. The van der Waals surface area contributed by atoms with Gasteiger partial charge in [-0.15, -0.1) is 13.2 Å². The smallest absolute Gasteiger partial charge is 0.373 e. The van der Waals surface area contributed by atoms with Gasteiger partial charge in [0, 0.05) is 6.42 Å². The second-order valence-electron chi connectivity index (χ2n) is 3.75. The summed E-state index contributed by atoms with van der Waals surface area (Å²) in [5, 5.41) is 0. The summed E-state index contributed by atoms with van der Waals surface area (Å²) < 4.78 is 38.3. The van der Waals surface area contributed by atoms with Crippen LogP contribution in [0.1, 0.15) is 25.7 Å². The summed E-state index contributed by atoms with van der Waals surface area (Å²) in [7, 11) is 0. The zero-order valence-electron chi connectivity index (χ0n) is 8.22. The highest BCUT2D eigenvalue weighted by Crippen LogP contribution is 2.34. The van der Waals surface area contributed by atoms with E-state index in [0.29, 0.717) is 5.92 Å². The number of hydrogen-bond acceptors (Lipinski definition) is 2. The molecule has 0 amide bonds. The SMILES string of the molecule is [CH2]CC1C[CH]C(CC(=O)OC(F)(F)F)C1. The molecule has 0 aromatic carbocycles. The Balaban J connectivity index is 2.28. The van der Waals surface area contributed by atoms with Crippen LogP contribution in [0.15, 0.2) is 0 Å². The topological polar surface area (TPSA) is 26.3 Å². The number of halogens is 3. The lowest BCUT2D eigenvalue weighted by Gasteiger charge is -2.11. The van der Waals surface area contributed by atoms with Gasteiger partial charge >= 0.3 is 12.3 Å². The zero-order chi connectivity index (χ0) is 11.5. The minimum atomic E-state index is -4.86. The fraction of sp³-hybridized carbons (Fsp3) is 0.700. The Morgan fingerprint density at radius 3 is 2.67 bits per heavy atom. The maximum atomic E-state index is 11.7. The first-order valence-corrected chi connectivity index (χ1v) is 4.82. The first-order chi connectivity index (χ1) is 6.90. The number of esters is 1.